The first-order valence-electron chi connectivity index (χ1n) is 6.28. The number of hydrogen-bond acceptors (Lipinski definition) is 4. The van der Waals surface area contributed by atoms with Crippen molar-refractivity contribution in [2.24, 2.45) is 0 Å². The molecular formula is C13H16N2O5S. The van der Waals surface area contributed by atoms with E-state index in [1.807, 2.05) is 0 Å². The average molecular weight is 312 g/mol. The molecule has 0 fully saturated rings. The Kier molecular flexibility index (Phi) is 4.19. The molecule has 21 heavy (non-hydrogen) atoms. The van der Waals surface area contributed by atoms with Crippen molar-refractivity contribution in [2.75, 3.05) is 0 Å². The minimum Gasteiger partial charge on any atom is -0.477 e. The van der Waals surface area contributed by atoms with E-state index in [9.17, 15) is 13.2 Å². The molecule has 0 saturated heterocycles. The average Bonchev–Trinajstić information content (AvgIpc) is 3.06. The SMILES string of the molecule is CC(C)n1cc(S(=O)(=O)NCc2ccco2)cc1C(=O)O. The van der Waals surface area contributed by atoms with Gasteiger partial charge in [-0.25, -0.2) is 17.9 Å². The fraction of sp³-hybridized carbons (Fsp3) is 0.308. The molecule has 0 aliphatic heterocycles. The Morgan fingerprint density at radius 3 is 2.67 bits per heavy atom. The van der Waals surface area contributed by atoms with Crippen LogP contribution in [0.2, 0.25) is 0 Å². The maximum Gasteiger partial charge on any atom is 0.352 e. The van der Waals surface area contributed by atoms with Crippen LogP contribution in [0.25, 0.3) is 0 Å². The third-order valence-electron chi connectivity index (χ3n) is 2.93. The lowest BCUT2D eigenvalue weighted by Gasteiger charge is -2.09. The summed E-state index contributed by atoms with van der Waals surface area (Å²) in [5.74, 6) is -0.698. The fourth-order valence-electron chi connectivity index (χ4n) is 1.86. The van der Waals surface area contributed by atoms with Crippen LogP contribution in [0.15, 0.2) is 40.0 Å². The van der Waals surface area contributed by atoms with E-state index < -0.39 is 16.0 Å². The summed E-state index contributed by atoms with van der Waals surface area (Å²) in [6, 6.07) is 4.28. The van der Waals surface area contributed by atoms with Crippen LogP contribution < -0.4 is 4.72 Å². The molecule has 2 heterocycles. The van der Waals surface area contributed by atoms with Gasteiger partial charge in [-0.3, -0.25) is 0 Å². The van der Waals surface area contributed by atoms with Crippen LogP contribution >= 0.6 is 0 Å². The van der Waals surface area contributed by atoms with Crippen molar-refractivity contribution in [3.05, 3.63) is 42.1 Å². The van der Waals surface area contributed by atoms with Gasteiger partial charge < -0.3 is 14.1 Å². The summed E-state index contributed by atoms with van der Waals surface area (Å²) in [5.41, 5.74) is -0.0663. The molecule has 2 rings (SSSR count). The number of rotatable bonds is 6. The summed E-state index contributed by atoms with van der Waals surface area (Å²) >= 11 is 0. The highest BCUT2D eigenvalue weighted by Gasteiger charge is 2.22. The summed E-state index contributed by atoms with van der Waals surface area (Å²) in [4.78, 5) is 11.1. The highest BCUT2D eigenvalue weighted by molar-refractivity contribution is 7.89. The zero-order valence-electron chi connectivity index (χ0n) is 11.6. The van der Waals surface area contributed by atoms with Crippen molar-refractivity contribution in [2.45, 2.75) is 31.3 Å². The Morgan fingerprint density at radius 2 is 2.19 bits per heavy atom. The first kappa shape index (κ1) is 15.3. The number of hydrogen-bond donors (Lipinski definition) is 2. The minimum atomic E-state index is -3.80. The molecule has 7 nitrogen and oxygen atoms in total. The molecule has 0 atom stereocenters. The third-order valence-corrected chi connectivity index (χ3v) is 4.29. The van der Waals surface area contributed by atoms with Crippen LogP contribution in [0.1, 0.15) is 36.1 Å². The zero-order chi connectivity index (χ0) is 15.6. The highest BCUT2D eigenvalue weighted by Crippen LogP contribution is 2.19. The van der Waals surface area contributed by atoms with E-state index in [2.05, 4.69) is 4.72 Å². The van der Waals surface area contributed by atoms with E-state index in [0.29, 0.717) is 5.76 Å². The molecule has 0 saturated carbocycles. The number of aromatic carboxylic acids is 1. The Balaban J connectivity index is 2.27. The second-order valence-electron chi connectivity index (χ2n) is 4.77. The Labute approximate surface area is 122 Å². The van der Waals surface area contributed by atoms with E-state index in [1.54, 1.807) is 26.0 Å². The van der Waals surface area contributed by atoms with Gasteiger partial charge in [0.1, 0.15) is 16.3 Å². The number of sulfonamides is 1. The standard InChI is InChI=1S/C13H16N2O5S/c1-9(2)15-8-11(6-12(15)13(16)17)21(18,19)14-7-10-4-3-5-20-10/h3-6,8-9,14H,7H2,1-2H3,(H,16,17). The summed E-state index contributed by atoms with van der Waals surface area (Å²) in [5, 5.41) is 9.12. The van der Waals surface area contributed by atoms with Crippen molar-refractivity contribution in [1.29, 1.82) is 0 Å². The summed E-state index contributed by atoms with van der Waals surface area (Å²) in [6.45, 7) is 3.56. The molecule has 0 unspecified atom stereocenters. The van der Waals surface area contributed by atoms with Crippen LogP contribution in [0.5, 0.6) is 0 Å². The van der Waals surface area contributed by atoms with Gasteiger partial charge in [-0.1, -0.05) is 0 Å². The van der Waals surface area contributed by atoms with E-state index >= 15 is 0 Å². The third kappa shape index (κ3) is 3.34. The van der Waals surface area contributed by atoms with Crippen LogP contribution in [-0.4, -0.2) is 24.1 Å². The van der Waals surface area contributed by atoms with E-state index in [-0.39, 0.29) is 23.2 Å². The number of nitrogens with one attached hydrogen (secondary N) is 1. The van der Waals surface area contributed by atoms with Gasteiger partial charge in [0.15, 0.2) is 0 Å². The molecule has 2 N–H and O–H groups in total. The minimum absolute atomic E-state index is 0.00456. The van der Waals surface area contributed by atoms with Gasteiger partial charge in [0.25, 0.3) is 0 Å². The molecule has 0 aliphatic carbocycles. The maximum atomic E-state index is 12.2. The number of carboxylic acids is 1. The molecule has 0 radical (unpaired) electrons. The predicted octanol–water partition coefficient (Wildman–Crippen LogP) is 1.84. The van der Waals surface area contributed by atoms with Crippen LogP contribution in [0.4, 0.5) is 0 Å². The molecule has 114 valence electrons. The lowest BCUT2D eigenvalue weighted by Crippen LogP contribution is -2.22. The van der Waals surface area contributed by atoms with Gasteiger partial charge in [0.05, 0.1) is 12.8 Å². The quantitative estimate of drug-likeness (QED) is 0.847. The molecule has 2 aromatic heterocycles. The molecule has 2 aromatic rings. The van der Waals surface area contributed by atoms with Gasteiger partial charge >= 0.3 is 5.97 Å². The number of aromatic nitrogens is 1. The molecule has 0 aromatic carbocycles. The van der Waals surface area contributed by atoms with E-state index in [4.69, 9.17) is 9.52 Å². The van der Waals surface area contributed by atoms with E-state index in [0.717, 1.165) is 6.07 Å². The Bertz CT molecular complexity index is 729. The van der Waals surface area contributed by atoms with Crippen LogP contribution in [0.3, 0.4) is 0 Å². The van der Waals surface area contributed by atoms with Crippen molar-refractivity contribution < 1.29 is 22.7 Å². The molecule has 0 spiro atoms. The van der Waals surface area contributed by atoms with Gasteiger partial charge in [-0.15, -0.1) is 0 Å². The first-order valence-corrected chi connectivity index (χ1v) is 7.77. The van der Waals surface area contributed by atoms with Gasteiger partial charge in [0, 0.05) is 12.2 Å². The summed E-state index contributed by atoms with van der Waals surface area (Å²) in [6.07, 6.45) is 2.76. The maximum absolute atomic E-state index is 12.2. The zero-order valence-corrected chi connectivity index (χ0v) is 12.4. The molecule has 0 bridgehead atoms. The fourth-order valence-corrected chi connectivity index (χ4v) is 2.88. The Hall–Kier alpha value is -2.06. The van der Waals surface area contributed by atoms with Crippen molar-refractivity contribution in [1.82, 2.24) is 9.29 Å². The van der Waals surface area contributed by atoms with Crippen molar-refractivity contribution in [3.8, 4) is 0 Å². The number of carboxylic acid groups (broad SMARTS) is 1. The first-order chi connectivity index (χ1) is 9.81. The lowest BCUT2D eigenvalue weighted by molar-refractivity contribution is 0.0683. The largest absolute Gasteiger partial charge is 0.477 e. The molecule has 8 heteroatoms. The number of nitrogens with zero attached hydrogens (tertiary/aromatic N) is 1. The predicted molar refractivity (Wildman–Crippen MR) is 74.5 cm³/mol. The van der Waals surface area contributed by atoms with Crippen LogP contribution in [0, 0.1) is 0 Å². The van der Waals surface area contributed by atoms with Gasteiger partial charge in [-0.2, -0.15) is 0 Å². The summed E-state index contributed by atoms with van der Waals surface area (Å²) < 4.78 is 33.2. The normalized spacial score (nSPS) is 12.0. The smallest absolute Gasteiger partial charge is 0.352 e. The Morgan fingerprint density at radius 1 is 1.48 bits per heavy atom. The van der Waals surface area contributed by atoms with Crippen molar-refractivity contribution in [3.63, 3.8) is 0 Å². The monoisotopic (exact) mass is 312 g/mol. The second kappa shape index (κ2) is 5.74. The second-order valence-corrected chi connectivity index (χ2v) is 6.54. The molecule has 0 amide bonds. The van der Waals surface area contributed by atoms with Gasteiger partial charge in [-0.05, 0) is 32.0 Å². The van der Waals surface area contributed by atoms with E-state index in [1.165, 1.54) is 17.0 Å². The molecular weight excluding hydrogens is 296 g/mol. The van der Waals surface area contributed by atoms with Gasteiger partial charge in [0.2, 0.25) is 10.0 Å². The lowest BCUT2D eigenvalue weighted by atomic mass is 10.3. The molecule has 0 aliphatic rings. The number of carbonyl (C=O) groups is 1. The topological polar surface area (TPSA) is 102 Å². The van der Waals surface area contributed by atoms with Crippen LogP contribution in [-0.2, 0) is 16.6 Å². The highest BCUT2D eigenvalue weighted by atomic mass is 32.2. The van der Waals surface area contributed by atoms with Crippen molar-refractivity contribution >= 4 is 16.0 Å². The summed E-state index contributed by atoms with van der Waals surface area (Å²) in [7, 11) is -3.80. The number of furan rings is 1.